The van der Waals surface area contributed by atoms with E-state index < -0.39 is 5.97 Å². The molecule has 11 heavy (non-hydrogen) atoms. The molecule has 0 aliphatic heterocycles. The van der Waals surface area contributed by atoms with E-state index in [-0.39, 0.29) is 51.4 Å². The van der Waals surface area contributed by atoms with Gasteiger partial charge in [-0.15, -0.1) is 0 Å². The number of hydrogen-bond acceptors (Lipinski definition) is 1. The molecule has 1 radical (unpaired) electrons. The predicted molar refractivity (Wildman–Crippen MR) is 51.9 cm³/mol. The van der Waals surface area contributed by atoms with E-state index in [0.29, 0.717) is 5.56 Å². The van der Waals surface area contributed by atoms with Gasteiger partial charge in [-0.1, -0.05) is 0 Å². The molecule has 0 atom stereocenters. The second-order valence-corrected chi connectivity index (χ2v) is 3.06. The fraction of sp³-hybridized carbons (Fsp3) is 0. The van der Waals surface area contributed by atoms with Crippen molar-refractivity contribution in [1.82, 2.24) is 0 Å². The molecule has 0 aliphatic rings. The van der Waals surface area contributed by atoms with E-state index in [1.165, 1.54) is 0 Å². The molecule has 1 aromatic carbocycles. The maximum Gasteiger partial charge on any atom is 0.335 e. The molecule has 1 N–H and O–H groups in total. The standard InChI is InChI=1S/C7H5IO2.K/c8-6-3-1-5(2-4-6)7(9)10;/h1-4H,(H,9,10);. The molecule has 0 saturated carbocycles. The summed E-state index contributed by atoms with van der Waals surface area (Å²) in [4.78, 5) is 10.3. The summed E-state index contributed by atoms with van der Waals surface area (Å²) < 4.78 is 1.04. The van der Waals surface area contributed by atoms with Crippen LogP contribution in [0, 0.1) is 3.57 Å². The molecule has 4 heteroatoms. The Hall–Kier alpha value is 1.06. The Kier molecular flexibility index (Phi) is 6.20. The number of carboxylic acid groups (broad SMARTS) is 1. The third-order valence-electron chi connectivity index (χ3n) is 1.09. The van der Waals surface area contributed by atoms with Crippen LogP contribution in [0.1, 0.15) is 10.4 Å². The molecule has 0 heterocycles. The van der Waals surface area contributed by atoms with Crippen LogP contribution in [0.15, 0.2) is 24.3 Å². The summed E-state index contributed by atoms with van der Waals surface area (Å²) in [6.45, 7) is 0. The average molecular weight is 287 g/mol. The van der Waals surface area contributed by atoms with E-state index in [1.807, 2.05) is 0 Å². The van der Waals surface area contributed by atoms with Gasteiger partial charge in [-0.2, -0.15) is 0 Å². The first-order valence-corrected chi connectivity index (χ1v) is 3.77. The molecule has 2 nitrogen and oxygen atoms in total. The van der Waals surface area contributed by atoms with Crippen molar-refractivity contribution in [2.45, 2.75) is 0 Å². The van der Waals surface area contributed by atoms with Crippen LogP contribution in [0.25, 0.3) is 0 Å². The number of carboxylic acids is 1. The van der Waals surface area contributed by atoms with Crippen LogP contribution in [0.5, 0.6) is 0 Å². The quantitative estimate of drug-likeness (QED) is 0.629. The van der Waals surface area contributed by atoms with Crippen molar-refractivity contribution in [3.8, 4) is 0 Å². The summed E-state index contributed by atoms with van der Waals surface area (Å²) in [5.74, 6) is -0.878. The second-order valence-electron chi connectivity index (χ2n) is 1.81. The Bertz CT molecular complexity index is 245. The van der Waals surface area contributed by atoms with Crippen molar-refractivity contribution in [2.24, 2.45) is 0 Å². The topological polar surface area (TPSA) is 37.3 Å². The largest absolute Gasteiger partial charge is 0.478 e. The zero-order chi connectivity index (χ0) is 7.56. The van der Waals surface area contributed by atoms with Crippen molar-refractivity contribution in [3.63, 3.8) is 0 Å². The van der Waals surface area contributed by atoms with E-state index in [2.05, 4.69) is 22.6 Å². The van der Waals surface area contributed by atoms with Crippen LogP contribution in [-0.2, 0) is 0 Å². The van der Waals surface area contributed by atoms with Crippen molar-refractivity contribution in [2.75, 3.05) is 0 Å². The number of carbonyl (C=O) groups is 1. The zero-order valence-electron chi connectivity index (χ0n) is 6.04. The van der Waals surface area contributed by atoms with E-state index in [0.717, 1.165) is 3.57 Å². The first-order valence-electron chi connectivity index (χ1n) is 2.69. The molecule has 0 aromatic heterocycles. The molecule has 0 amide bonds. The van der Waals surface area contributed by atoms with Crippen molar-refractivity contribution in [1.29, 1.82) is 0 Å². The molecule has 0 fully saturated rings. The molecule has 1 aromatic rings. The monoisotopic (exact) mass is 287 g/mol. The predicted octanol–water partition coefficient (Wildman–Crippen LogP) is 1.61. The van der Waals surface area contributed by atoms with Crippen molar-refractivity contribution >= 4 is 79.9 Å². The van der Waals surface area contributed by atoms with Gasteiger partial charge in [0.05, 0.1) is 5.56 Å². The minimum Gasteiger partial charge on any atom is -0.478 e. The summed E-state index contributed by atoms with van der Waals surface area (Å²) in [5.41, 5.74) is 0.334. The number of hydrogen-bond donors (Lipinski definition) is 1. The normalized spacial score (nSPS) is 8.45. The van der Waals surface area contributed by atoms with Crippen molar-refractivity contribution in [3.05, 3.63) is 33.4 Å². The van der Waals surface area contributed by atoms with Crippen LogP contribution in [0.2, 0.25) is 0 Å². The smallest absolute Gasteiger partial charge is 0.335 e. The number of rotatable bonds is 1. The van der Waals surface area contributed by atoms with Gasteiger partial charge >= 0.3 is 5.97 Å². The number of aromatic carboxylic acids is 1. The Morgan fingerprint density at radius 3 is 2.09 bits per heavy atom. The molecular weight excluding hydrogens is 282 g/mol. The summed E-state index contributed by atoms with van der Waals surface area (Å²) in [6.07, 6.45) is 0. The Morgan fingerprint density at radius 1 is 1.27 bits per heavy atom. The molecule has 0 unspecified atom stereocenters. The van der Waals surface area contributed by atoms with Gasteiger partial charge in [-0.05, 0) is 46.9 Å². The van der Waals surface area contributed by atoms with E-state index in [1.54, 1.807) is 24.3 Å². The number of halogens is 1. The van der Waals surface area contributed by atoms with E-state index >= 15 is 0 Å². The average Bonchev–Trinajstić information content (AvgIpc) is 1.88. The van der Waals surface area contributed by atoms with E-state index in [9.17, 15) is 4.79 Å². The van der Waals surface area contributed by atoms with Gasteiger partial charge in [0.25, 0.3) is 0 Å². The Balaban J connectivity index is 0.000001000. The van der Waals surface area contributed by atoms with Crippen LogP contribution in [0.3, 0.4) is 0 Å². The van der Waals surface area contributed by atoms with Gasteiger partial charge in [0.1, 0.15) is 0 Å². The molecule has 1 rings (SSSR count). The van der Waals surface area contributed by atoms with Crippen LogP contribution < -0.4 is 0 Å². The molecule has 0 aliphatic carbocycles. The first kappa shape index (κ1) is 12.1. The second kappa shape index (κ2) is 5.66. The fourth-order valence-electron chi connectivity index (χ4n) is 0.592. The third-order valence-corrected chi connectivity index (χ3v) is 1.81. The third kappa shape index (κ3) is 4.00. The molecule has 0 saturated heterocycles. The maximum absolute atomic E-state index is 10.3. The molecular formula is C7H5IKO2. The fourth-order valence-corrected chi connectivity index (χ4v) is 0.952. The van der Waals surface area contributed by atoms with Gasteiger partial charge < -0.3 is 5.11 Å². The molecule has 0 bridgehead atoms. The van der Waals surface area contributed by atoms with Crippen LogP contribution in [-0.4, -0.2) is 62.5 Å². The maximum atomic E-state index is 10.3. The van der Waals surface area contributed by atoms with E-state index in [4.69, 9.17) is 5.11 Å². The van der Waals surface area contributed by atoms with Crippen LogP contribution >= 0.6 is 22.6 Å². The summed E-state index contributed by atoms with van der Waals surface area (Å²) in [6, 6.07) is 6.71. The molecule has 0 spiro atoms. The molecule has 53 valence electrons. The Labute approximate surface area is 121 Å². The van der Waals surface area contributed by atoms with Gasteiger partial charge in [-0.25, -0.2) is 4.79 Å². The zero-order valence-corrected chi connectivity index (χ0v) is 11.3. The summed E-state index contributed by atoms with van der Waals surface area (Å²) in [5, 5.41) is 8.47. The number of benzene rings is 1. The summed E-state index contributed by atoms with van der Waals surface area (Å²) >= 11 is 2.13. The van der Waals surface area contributed by atoms with Crippen molar-refractivity contribution < 1.29 is 9.90 Å². The van der Waals surface area contributed by atoms with Gasteiger partial charge in [-0.3, -0.25) is 0 Å². The Morgan fingerprint density at radius 2 is 1.73 bits per heavy atom. The SMILES string of the molecule is O=C(O)c1ccc(I)cc1.[K]. The van der Waals surface area contributed by atoms with Gasteiger partial charge in [0.15, 0.2) is 0 Å². The van der Waals surface area contributed by atoms with Gasteiger partial charge in [0, 0.05) is 55.0 Å². The van der Waals surface area contributed by atoms with Crippen LogP contribution in [0.4, 0.5) is 0 Å². The first-order chi connectivity index (χ1) is 4.70. The minimum atomic E-state index is -0.878. The minimum absolute atomic E-state index is 0. The summed E-state index contributed by atoms with van der Waals surface area (Å²) in [7, 11) is 0. The van der Waals surface area contributed by atoms with Gasteiger partial charge in [0.2, 0.25) is 0 Å².